The zero-order valence-electron chi connectivity index (χ0n) is 10.3. The molecule has 0 spiro atoms. The Labute approximate surface area is 99.7 Å². The molecular formula is C14H16O3. The Morgan fingerprint density at radius 2 is 1.94 bits per heavy atom. The van der Waals surface area contributed by atoms with Gasteiger partial charge >= 0.3 is 5.63 Å². The summed E-state index contributed by atoms with van der Waals surface area (Å²) in [6.45, 7) is 5.84. The Kier molecular flexibility index (Phi) is 2.92. The van der Waals surface area contributed by atoms with Crippen molar-refractivity contribution in [3.63, 3.8) is 0 Å². The van der Waals surface area contributed by atoms with E-state index in [4.69, 9.17) is 4.42 Å². The topological polar surface area (TPSA) is 50.4 Å². The molecular weight excluding hydrogens is 216 g/mol. The molecule has 3 nitrogen and oxygen atoms in total. The highest BCUT2D eigenvalue weighted by molar-refractivity contribution is 5.83. The molecule has 0 aliphatic rings. The maximum absolute atomic E-state index is 11.7. The Morgan fingerprint density at radius 3 is 2.53 bits per heavy atom. The van der Waals surface area contributed by atoms with E-state index in [9.17, 15) is 9.90 Å². The van der Waals surface area contributed by atoms with Crippen LogP contribution in [0.1, 0.15) is 30.5 Å². The minimum atomic E-state index is -0.304. The zero-order chi connectivity index (χ0) is 12.6. The Hall–Kier alpha value is -1.77. The second kappa shape index (κ2) is 4.24. The lowest BCUT2D eigenvalue weighted by atomic mass is 10.0. The highest BCUT2D eigenvalue weighted by atomic mass is 16.4. The average molecular weight is 232 g/mol. The van der Waals surface area contributed by atoms with E-state index in [1.807, 2.05) is 26.8 Å². The third-order valence-electron chi connectivity index (χ3n) is 3.22. The lowest BCUT2D eigenvalue weighted by Crippen LogP contribution is -2.09. The summed E-state index contributed by atoms with van der Waals surface area (Å²) in [6.07, 6.45) is 1.41. The van der Waals surface area contributed by atoms with E-state index < -0.39 is 0 Å². The van der Waals surface area contributed by atoms with Crippen molar-refractivity contribution >= 4 is 11.0 Å². The molecule has 1 N–H and O–H groups in total. The molecule has 0 bridgehead atoms. The van der Waals surface area contributed by atoms with Crippen molar-refractivity contribution in [1.29, 1.82) is 0 Å². The summed E-state index contributed by atoms with van der Waals surface area (Å²) in [7, 11) is 0. The molecule has 1 aromatic heterocycles. The number of rotatable bonds is 2. The van der Waals surface area contributed by atoms with Crippen LogP contribution in [0.2, 0.25) is 0 Å². The number of benzene rings is 1. The van der Waals surface area contributed by atoms with Gasteiger partial charge in [0.2, 0.25) is 0 Å². The first kappa shape index (κ1) is 11.7. The summed E-state index contributed by atoms with van der Waals surface area (Å²) in [4.78, 5) is 11.7. The van der Waals surface area contributed by atoms with Gasteiger partial charge in [0.25, 0.3) is 0 Å². The lowest BCUT2D eigenvalue weighted by Gasteiger charge is -2.08. The molecule has 1 aromatic carbocycles. The largest absolute Gasteiger partial charge is 0.508 e. The normalized spacial score (nSPS) is 11.0. The van der Waals surface area contributed by atoms with Gasteiger partial charge in [0.15, 0.2) is 0 Å². The summed E-state index contributed by atoms with van der Waals surface area (Å²) in [6, 6.07) is 3.43. The molecule has 17 heavy (non-hydrogen) atoms. The Morgan fingerprint density at radius 1 is 1.24 bits per heavy atom. The number of hydrogen-bond acceptors (Lipinski definition) is 3. The minimum absolute atomic E-state index is 0.187. The molecule has 0 saturated carbocycles. The first-order chi connectivity index (χ1) is 8.08. The van der Waals surface area contributed by atoms with Crippen LogP contribution >= 0.6 is 0 Å². The van der Waals surface area contributed by atoms with Gasteiger partial charge in [0, 0.05) is 17.0 Å². The average Bonchev–Trinajstić information content (AvgIpc) is 2.29. The highest BCUT2D eigenvalue weighted by Gasteiger charge is 2.12. The van der Waals surface area contributed by atoms with Gasteiger partial charge in [0.1, 0.15) is 11.3 Å². The van der Waals surface area contributed by atoms with E-state index in [0.717, 1.165) is 22.9 Å². The number of fused-ring (bicyclic) bond motifs is 1. The van der Waals surface area contributed by atoms with E-state index in [-0.39, 0.29) is 11.4 Å². The second-order valence-corrected chi connectivity index (χ2v) is 4.18. The van der Waals surface area contributed by atoms with Crippen LogP contribution in [-0.2, 0) is 12.8 Å². The van der Waals surface area contributed by atoms with E-state index in [1.165, 1.54) is 6.07 Å². The fraction of sp³-hybridized carbons (Fsp3) is 0.357. The van der Waals surface area contributed by atoms with E-state index in [0.29, 0.717) is 17.6 Å². The van der Waals surface area contributed by atoms with Crippen LogP contribution in [-0.4, -0.2) is 5.11 Å². The molecule has 0 atom stereocenters. The molecule has 0 aliphatic carbocycles. The maximum Gasteiger partial charge on any atom is 0.339 e. The van der Waals surface area contributed by atoms with Crippen molar-refractivity contribution in [1.82, 2.24) is 0 Å². The number of hydrogen-bond donors (Lipinski definition) is 1. The monoisotopic (exact) mass is 232 g/mol. The molecule has 0 radical (unpaired) electrons. The van der Waals surface area contributed by atoms with Crippen molar-refractivity contribution in [3.05, 3.63) is 39.2 Å². The van der Waals surface area contributed by atoms with Crippen molar-refractivity contribution < 1.29 is 9.52 Å². The third kappa shape index (κ3) is 1.82. The van der Waals surface area contributed by atoms with Crippen molar-refractivity contribution in [2.24, 2.45) is 0 Å². The molecule has 0 amide bonds. The molecule has 0 unspecified atom stereocenters. The minimum Gasteiger partial charge on any atom is -0.508 e. The predicted octanol–water partition coefficient (Wildman–Crippen LogP) is 2.93. The molecule has 0 saturated heterocycles. The van der Waals surface area contributed by atoms with Crippen LogP contribution < -0.4 is 5.63 Å². The summed E-state index contributed by atoms with van der Waals surface area (Å²) >= 11 is 0. The van der Waals surface area contributed by atoms with Crippen LogP contribution in [0, 0.1) is 6.92 Å². The van der Waals surface area contributed by atoms with Gasteiger partial charge in [-0.15, -0.1) is 0 Å². The number of phenolic OH excluding ortho intramolecular Hbond substituents is 1. The van der Waals surface area contributed by atoms with Crippen LogP contribution in [0.15, 0.2) is 21.3 Å². The van der Waals surface area contributed by atoms with Crippen LogP contribution in [0.25, 0.3) is 11.0 Å². The van der Waals surface area contributed by atoms with E-state index in [2.05, 4.69) is 0 Å². The van der Waals surface area contributed by atoms with Crippen LogP contribution in [0.5, 0.6) is 5.75 Å². The molecule has 2 aromatic rings. The van der Waals surface area contributed by atoms with Gasteiger partial charge in [0.05, 0.1) is 0 Å². The maximum atomic E-state index is 11.7. The van der Waals surface area contributed by atoms with Gasteiger partial charge in [-0.2, -0.15) is 0 Å². The van der Waals surface area contributed by atoms with Crippen molar-refractivity contribution in [2.75, 3.05) is 0 Å². The smallest absolute Gasteiger partial charge is 0.339 e. The van der Waals surface area contributed by atoms with Gasteiger partial charge in [-0.3, -0.25) is 0 Å². The molecule has 0 aliphatic heterocycles. The second-order valence-electron chi connectivity index (χ2n) is 4.18. The molecule has 90 valence electrons. The number of aryl methyl sites for hydroxylation is 2. The summed E-state index contributed by atoms with van der Waals surface area (Å²) in [5.74, 6) is 0.187. The fourth-order valence-corrected chi connectivity index (χ4v) is 2.16. The van der Waals surface area contributed by atoms with Crippen LogP contribution in [0.3, 0.4) is 0 Å². The predicted molar refractivity (Wildman–Crippen MR) is 67.6 cm³/mol. The standard InChI is InChI=1S/C14H16O3/c1-4-9-6-11-8(3)10(5-2)14(16)17-13(11)7-12(9)15/h6-7,15H,4-5H2,1-3H3. The molecule has 1 heterocycles. The Balaban J connectivity index is 2.88. The number of aromatic hydroxyl groups is 1. The number of phenols is 1. The summed E-state index contributed by atoms with van der Waals surface area (Å²) < 4.78 is 5.23. The summed E-state index contributed by atoms with van der Waals surface area (Å²) in [5.41, 5.74) is 2.69. The molecule has 0 fully saturated rings. The van der Waals surface area contributed by atoms with E-state index >= 15 is 0 Å². The highest BCUT2D eigenvalue weighted by Crippen LogP contribution is 2.27. The van der Waals surface area contributed by atoms with Gasteiger partial charge in [-0.05, 0) is 37.0 Å². The SMILES string of the molecule is CCc1cc2c(C)c(CC)c(=O)oc2cc1O. The summed E-state index contributed by atoms with van der Waals surface area (Å²) in [5, 5.41) is 10.7. The van der Waals surface area contributed by atoms with E-state index in [1.54, 1.807) is 0 Å². The first-order valence-electron chi connectivity index (χ1n) is 5.86. The van der Waals surface area contributed by atoms with Crippen molar-refractivity contribution in [3.8, 4) is 5.75 Å². The van der Waals surface area contributed by atoms with Crippen LogP contribution in [0.4, 0.5) is 0 Å². The van der Waals surface area contributed by atoms with Crippen molar-refractivity contribution in [2.45, 2.75) is 33.6 Å². The van der Waals surface area contributed by atoms with Gasteiger partial charge < -0.3 is 9.52 Å². The fourth-order valence-electron chi connectivity index (χ4n) is 2.16. The van der Waals surface area contributed by atoms with Gasteiger partial charge in [-0.1, -0.05) is 13.8 Å². The Bertz CT molecular complexity index is 623. The van der Waals surface area contributed by atoms with Gasteiger partial charge in [-0.25, -0.2) is 4.79 Å². The first-order valence-corrected chi connectivity index (χ1v) is 5.86. The molecule has 3 heteroatoms. The quantitative estimate of drug-likeness (QED) is 0.810. The third-order valence-corrected chi connectivity index (χ3v) is 3.22. The molecule has 2 rings (SSSR count). The zero-order valence-corrected chi connectivity index (χ0v) is 10.3. The lowest BCUT2D eigenvalue weighted by molar-refractivity contribution is 0.466.